The topological polar surface area (TPSA) is 46.6 Å². The van der Waals surface area contributed by atoms with Crippen molar-refractivity contribution in [3.05, 3.63) is 36.4 Å². The van der Waals surface area contributed by atoms with Crippen LogP contribution < -0.4 is 9.64 Å². The Labute approximate surface area is 123 Å². The second-order valence-corrected chi connectivity index (χ2v) is 6.30. The average molecular weight is 283 g/mol. The van der Waals surface area contributed by atoms with Gasteiger partial charge in [-0.05, 0) is 37.3 Å². The monoisotopic (exact) mass is 283 g/mol. The summed E-state index contributed by atoms with van der Waals surface area (Å²) in [5.41, 5.74) is -0.0258. The Bertz CT molecular complexity index is 680. The molecule has 0 aromatic heterocycles. The molecule has 0 N–H and O–H groups in total. The number of amides is 2. The number of methoxy groups -OCH3 is 1. The van der Waals surface area contributed by atoms with E-state index in [2.05, 4.69) is 12.2 Å². The third-order valence-electron chi connectivity index (χ3n) is 5.44. The van der Waals surface area contributed by atoms with Crippen molar-refractivity contribution >= 4 is 17.5 Å². The van der Waals surface area contributed by atoms with E-state index in [9.17, 15) is 9.59 Å². The molecule has 4 rings (SSSR count). The molecule has 108 valence electrons. The SMILES string of the molecule is COc1ccccc1N1C(=O)[C@H]2[C@H]3C=C[C@H](C3)[C@@]2(C)C1=O. The third-order valence-corrected chi connectivity index (χ3v) is 5.44. The van der Waals surface area contributed by atoms with Crippen LogP contribution in [0.4, 0.5) is 5.69 Å². The summed E-state index contributed by atoms with van der Waals surface area (Å²) in [7, 11) is 1.55. The van der Waals surface area contributed by atoms with Gasteiger partial charge in [0.1, 0.15) is 5.75 Å². The van der Waals surface area contributed by atoms with Gasteiger partial charge in [-0.15, -0.1) is 0 Å². The maximum atomic E-state index is 13.0. The first kappa shape index (κ1) is 12.6. The summed E-state index contributed by atoms with van der Waals surface area (Å²) in [6, 6.07) is 7.20. The maximum absolute atomic E-state index is 13.0. The van der Waals surface area contributed by atoms with Crippen LogP contribution in [0.5, 0.6) is 5.75 Å². The van der Waals surface area contributed by atoms with E-state index in [4.69, 9.17) is 4.74 Å². The number of ether oxygens (including phenoxy) is 1. The summed E-state index contributed by atoms with van der Waals surface area (Å²) in [6.45, 7) is 1.95. The van der Waals surface area contributed by atoms with E-state index in [1.54, 1.807) is 19.2 Å². The number of carbonyl (C=O) groups excluding carboxylic acids is 2. The lowest BCUT2D eigenvalue weighted by Gasteiger charge is -2.28. The van der Waals surface area contributed by atoms with Gasteiger partial charge in [0.05, 0.1) is 24.1 Å². The molecule has 0 unspecified atom stereocenters. The van der Waals surface area contributed by atoms with Gasteiger partial charge in [0, 0.05) is 0 Å². The maximum Gasteiger partial charge on any atom is 0.241 e. The van der Waals surface area contributed by atoms with E-state index in [0.717, 1.165) is 6.42 Å². The number of allylic oxidation sites excluding steroid dienone is 2. The lowest BCUT2D eigenvalue weighted by Crippen LogP contribution is -2.37. The summed E-state index contributed by atoms with van der Waals surface area (Å²) in [5.74, 6) is 0.565. The summed E-state index contributed by atoms with van der Waals surface area (Å²) in [5, 5.41) is 0. The molecule has 3 aliphatic rings. The van der Waals surface area contributed by atoms with Gasteiger partial charge >= 0.3 is 0 Å². The largest absolute Gasteiger partial charge is 0.495 e. The molecular formula is C17H17NO3. The Hall–Kier alpha value is -2.10. The second-order valence-electron chi connectivity index (χ2n) is 6.30. The van der Waals surface area contributed by atoms with E-state index in [1.165, 1.54) is 4.90 Å². The van der Waals surface area contributed by atoms with Crippen LogP contribution in [0.25, 0.3) is 0 Å². The fourth-order valence-electron chi connectivity index (χ4n) is 4.35. The fraction of sp³-hybridized carbons (Fsp3) is 0.412. The zero-order valence-corrected chi connectivity index (χ0v) is 12.1. The highest BCUT2D eigenvalue weighted by Crippen LogP contribution is 2.61. The summed E-state index contributed by atoms with van der Waals surface area (Å²) < 4.78 is 5.32. The van der Waals surface area contributed by atoms with Crippen molar-refractivity contribution in [2.45, 2.75) is 13.3 Å². The van der Waals surface area contributed by atoms with Gasteiger partial charge in [0.2, 0.25) is 11.8 Å². The average Bonchev–Trinajstić information content (AvgIpc) is 3.12. The second kappa shape index (κ2) is 3.97. The molecular weight excluding hydrogens is 266 g/mol. The number of hydrogen-bond acceptors (Lipinski definition) is 3. The Morgan fingerprint density at radius 1 is 1.24 bits per heavy atom. The minimum Gasteiger partial charge on any atom is -0.495 e. The molecule has 1 saturated carbocycles. The molecule has 2 bridgehead atoms. The van der Waals surface area contributed by atoms with Crippen LogP contribution in [0.3, 0.4) is 0 Å². The molecule has 4 atom stereocenters. The molecule has 1 saturated heterocycles. The van der Waals surface area contributed by atoms with Crippen LogP contribution in [0.2, 0.25) is 0 Å². The van der Waals surface area contributed by atoms with Gasteiger partial charge in [-0.25, -0.2) is 4.90 Å². The first-order valence-corrected chi connectivity index (χ1v) is 7.28. The molecule has 2 aliphatic carbocycles. The van der Waals surface area contributed by atoms with Crippen molar-refractivity contribution in [3.63, 3.8) is 0 Å². The smallest absolute Gasteiger partial charge is 0.241 e. The number of benzene rings is 1. The van der Waals surface area contributed by atoms with Crippen molar-refractivity contribution in [2.75, 3.05) is 12.0 Å². The molecule has 4 heteroatoms. The highest BCUT2D eigenvalue weighted by Gasteiger charge is 2.67. The minimum absolute atomic E-state index is 0.0798. The highest BCUT2D eigenvalue weighted by atomic mass is 16.5. The standard InChI is InChI=1S/C17H17NO3/c1-17-11-8-7-10(9-11)14(17)15(19)18(16(17)20)12-5-3-4-6-13(12)21-2/h3-8,10-11,14H,9H2,1-2H3/t10-,11+,14+,17+/m0/s1. The van der Waals surface area contributed by atoms with Crippen molar-refractivity contribution in [2.24, 2.45) is 23.2 Å². The molecule has 1 heterocycles. The number of nitrogens with zero attached hydrogens (tertiary/aromatic N) is 1. The van der Waals surface area contributed by atoms with Crippen molar-refractivity contribution in [1.82, 2.24) is 0 Å². The van der Waals surface area contributed by atoms with Crippen LogP contribution in [0, 0.1) is 23.2 Å². The number of para-hydroxylation sites is 2. The van der Waals surface area contributed by atoms with E-state index in [-0.39, 0.29) is 29.6 Å². The van der Waals surface area contributed by atoms with E-state index >= 15 is 0 Å². The van der Waals surface area contributed by atoms with Gasteiger partial charge in [-0.2, -0.15) is 0 Å². The van der Waals surface area contributed by atoms with Crippen molar-refractivity contribution in [3.8, 4) is 5.75 Å². The summed E-state index contributed by atoms with van der Waals surface area (Å²) >= 11 is 0. The Morgan fingerprint density at radius 2 is 2.00 bits per heavy atom. The fourth-order valence-corrected chi connectivity index (χ4v) is 4.35. The zero-order valence-electron chi connectivity index (χ0n) is 12.1. The lowest BCUT2D eigenvalue weighted by atomic mass is 9.71. The van der Waals surface area contributed by atoms with Crippen LogP contribution in [0.1, 0.15) is 13.3 Å². The van der Waals surface area contributed by atoms with Crippen LogP contribution in [-0.2, 0) is 9.59 Å². The van der Waals surface area contributed by atoms with E-state index < -0.39 is 5.41 Å². The molecule has 1 aromatic rings. The third kappa shape index (κ3) is 1.35. The molecule has 2 fully saturated rings. The quantitative estimate of drug-likeness (QED) is 0.618. The predicted octanol–water partition coefficient (Wildman–Crippen LogP) is 2.40. The molecule has 0 spiro atoms. The number of carbonyl (C=O) groups is 2. The van der Waals surface area contributed by atoms with Crippen molar-refractivity contribution in [1.29, 1.82) is 0 Å². The van der Waals surface area contributed by atoms with Crippen LogP contribution >= 0.6 is 0 Å². The summed E-state index contributed by atoms with van der Waals surface area (Å²) in [6.07, 6.45) is 5.14. The highest BCUT2D eigenvalue weighted by molar-refractivity contribution is 6.25. The Kier molecular flexibility index (Phi) is 2.39. The Morgan fingerprint density at radius 3 is 2.71 bits per heavy atom. The normalized spacial score (nSPS) is 36.5. The van der Waals surface area contributed by atoms with Gasteiger partial charge in [-0.1, -0.05) is 24.3 Å². The first-order chi connectivity index (χ1) is 10.1. The number of imide groups is 1. The van der Waals surface area contributed by atoms with E-state index in [0.29, 0.717) is 11.4 Å². The predicted molar refractivity (Wildman–Crippen MR) is 77.8 cm³/mol. The molecule has 1 aliphatic heterocycles. The molecule has 21 heavy (non-hydrogen) atoms. The van der Waals surface area contributed by atoms with Gasteiger partial charge < -0.3 is 4.74 Å². The van der Waals surface area contributed by atoms with Gasteiger partial charge in [0.25, 0.3) is 0 Å². The molecule has 1 aromatic carbocycles. The minimum atomic E-state index is -0.586. The number of hydrogen-bond donors (Lipinski definition) is 0. The number of anilines is 1. The van der Waals surface area contributed by atoms with Crippen molar-refractivity contribution < 1.29 is 14.3 Å². The summed E-state index contributed by atoms with van der Waals surface area (Å²) in [4.78, 5) is 27.2. The molecule has 2 amide bonds. The zero-order chi connectivity index (χ0) is 14.8. The number of fused-ring (bicyclic) bond motifs is 5. The lowest BCUT2D eigenvalue weighted by molar-refractivity contribution is -0.127. The molecule has 0 radical (unpaired) electrons. The first-order valence-electron chi connectivity index (χ1n) is 7.28. The van der Waals surface area contributed by atoms with Gasteiger partial charge in [-0.3, -0.25) is 9.59 Å². The van der Waals surface area contributed by atoms with E-state index in [1.807, 2.05) is 19.1 Å². The van der Waals surface area contributed by atoms with Crippen LogP contribution in [-0.4, -0.2) is 18.9 Å². The van der Waals surface area contributed by atoms with Crippen LogP contribution in [0.15, 0.2) is 36.4 Å². The Balaban J connectivity index is 1.83. The molecule has 4 nitrogen and oxygen atoms in total. The number of rotatable bonds is 2. The van der Waals surface area contributed by atoms with Gasteiger partial charge in [0.15, 0.2) is 0 Å².